The number of carboxylic acids is 1. The third-order valence-electron chi connectivity index (χ3n) is 2.70. The highest BCUT2D eigenvalue weighted by Crippen LogP contribution is 2.28. The fourth-order valence-electron chi connectivity index (χ4n) is 1.86. The molecule has 3 rings (SSSR count). The van der Waals surface area contributed by atoms with Crippen molar-refractivity contribution in [2.24, 2.45) is 0 Å². The van der Waals surface area contributed by atoms with Crippen molar-refractivity contribution in [3.63, 3.8) is 0 Å². The number of H-pyrrole nitrogens is 1. The second-order valence-electron chi connectivity index (χ2n) is 3.87. The van der Waals surface area contributed by atoms with E-state index in [0.29, 0.717) is 26.5 Å². The summed E-state index contributed by atoms with van der Waals surface area (Å²) in [6.07, 6.45) is 0. The number of aromatic nitrogens is 3. The van der Waals surface area contributed by atoms with Gasteiger partial charge >= 0.3 is 11.7 Å². The molecule has 0 spiro atoms. The van der Waals surface area contributed by atoms with Crippen LogP contribution in [0.1, 0.15) is 10.5 Å². The minimum Gasteiger partial charge on any atom is -0.476 e. The zero-order valence-electron chi connectivity index (χ0n) is 9.15. The van der Waals surface area contributed by atoms with Gasteiger partial charge in [0.15, 0.2) is 5.69 Å². The normalized spacial score (nSPS) is 11.3. The van der Waals surface area contributed by atoms with Gasteiger partial charge in [0, 0.05) is 5.39 Å². The molecule has 6 nitrogen and oxygen atoms in total. The fraction of sp³-hybridized carbons (Fsp3) is 0. The molecule has 2 aromatic heterocycles. The van der Waals surface area contributed by atoms with Crippen molar-refractivity contribution < 1.29 is 9.90 Å². The highest BCUT2D eigenvalue weighted by atomic mass is 35.5. The highest BCUT2D eigenvalue weighted by molar-refractivity contribution is 6.42. The molecule has 0 saturated carbocycles. The van der Waals surface area contributed by atoms with Crippen LogP contribution in [-0.2, 0) is 0 Å². The number of benzene rings is 1. The first-order chi connectivity index (χ1) is 8.97. The Labute approximate surface area is 115 Å². The van der Waals surface area contributed by atoms with Gasteiger partial charge in [0.1, 0.15) is 0 Å². The number of hydrogen-bond donors (Lipinski definition) is 2. The van der Waals surface area contributed by atoms with Crippen molar-refractivity contribution in [1.29, 1.82) is 0 Å². The quantitative estimate of drug-likeness (QED) is 0.720. The Morgan fingerprint density at radius 3 is 2.63 bits per heavy atom. The number of hydrogen-bond acceptors (Lipinski definition) is 3. The van der Waals surface area contributed by atoms with Crippen molar-refractivity contribution in [3.8, 4) is 0 Å². The molecule has 0 amide bonds. The second-order valence-corrected chi connectivity index (χ2v) is 4.69. The smallest absolute Gasteiger partial charge is 0.356 e. The van der Waals surface area contributed by atoms with Crippen LogP contribution in [0, 0.1) is 0 Å². The Hall–Kier alpha value is -2.05. The highest BCUT2D eigenvalue weighted by Gasteiger charge is 2.14. The molecule has 0 aliphatic carbocycles. The van der Waals surface area contributed by atoms with Gasteiger partial charge in [0.25, 0.3) is 0 Å². The molecule has 0 fully saturated rings. The van der Waals surface area contributed by atoms with E-state index in [0.717, 1.165) is 4.52 Å². The molecule has 1 aromatic carbocycles. The largest absolute Gasteiger partial charge is 0.476 e. The standard InChI is InChI=1S/C11H5Cl2N3O3/c12-5-1-4-7(2-6(5)13)14-11(19)16-9(4)3-8(15-16)10(17)18/h1-3H,(H,14,19)(H,17,18). The van der Waals surface area contributed by atoms with Gasteiger partial charge in [-0.2, -0.15) is 9.61 Å². The molecule has 96 valence electrons. The SMILES string of the molecule is O=C(O)c1cc2c3cc(Cl)c(Cl)cc3[nH]c(=O)n2n1. The molecule has 2 N–H and O–H groups in total. The van der Waals surface area contributed by atoms with Crippen molar-refractivity contribution >= 4 is 45.6 Å². The Kier molecular flexibility index (Phi) is 2.51. The molecular formula is C11H5Cl2N3O3. The monoisotopic (exact) mass is 297 g/mol. The number of aromatic amines is 1. The van der Waals surface area contributed by atoms with Crippen LogP contribution >= 0.6 is 23.2 Å². The summed E-state index contributed by atoms with van der Waals surface area (Å²) in [7, 11) is 0. The number of nitrogens with zero attached hydrogens (tertiary/aromatic N) is 2. The average molecular weight is 298 g/mol. The molecule has 0 bridgehead atoms. The van der Waals surface area contributed by atoms with Crippen LogP contribution in [0.4, 0.5) is 0 Å². The minimum absolute atomic E-state index is 0.218. The van der Waals surface area contributed by atoms with Gasteiger partial charge in [-0.15, -0.1) is 0 Å². The third kappa shape index (κ3) is 1.76. The lowest BCUT2D eigenvalue weighted by Crippen LogP contribution is -2.17. The van der Waals surface area contributed by atoms with E-state index >= 15 is 0 Å². The molecule has 3 aromatic rings. The Morgan fingerprint density at radius 1 is 1.26 bits per heavy atom. The Morgan fingerprint density at radius 2 is 1.95 bits per heavy atom. The van der Waals surface area contributed by atoms with Gasteiger partial charge in [0.05, 0.1) is 21.1 Å². The Balaban J connectivity index is 2.54. The van der Waals surface area contributed by atoms with E-state index in [1.807, 2.05) is 0 Å². The summed E-state index contributed by atoms with van der Waals surface area (Å²) in [5.74, 6) is -1.21. The summed E-state index contributed by atoms with van der Waals surface area (Å²) in [6.45, 7) is 0. The molecule has 0 atom stereocenters. The van der Waals surface area contributed by atoms with Gasteiger partial charge in [-0.25, -0.2) is 9.59 Å². The zero-order chi connectivity index (χ0) is 13.7. The number of halogens is 2. The molecule has 0 aliphatic rings. The first kappa shape index (κ1) is 12.0. The summed E-state index contributed by atoms with van der Waals surface area (Å²) in [5.41, 5.74) is 0.0518. The number of aromatic carboxylic acids is 1. The number of rotatable bonds is 1. The van der Waals surface area contributed by atoms with E-state index in [2.05, 4.69) is 10.1 Å². The topological polar surface area (TPSA) is 87.5 Å². The maximum absolute atomic E-state index is 11.8. The predicted molar refractivity (Wildman–Crippen MR) is 70.3 cm³/mol. The van der Waals surface area contributed by atoms with Gasteiger partial charge < -0.3 is 10.1 Å². The summed E-state index contributed by atoms with van der Waals surface area (Å²) < 4.78 is 0.982. The van der Waals surface area contributed by atoms with Crippen molar-refractivity contribution in [2.45, 2.75) is 0 Å². The van der Waals surface area contributed by atoms with Crippen LogP contribution in [0.25, 0.3) is 16.4 Å². The van der Waals surface area contributed by atoms with Gasteiger partial charge in [0.2, 0.25) is 0 Å². The first-order valence-electron chi connectivity index (χ1n) is 5.11. The van der Waals surface area contributed by atoms with Crippen LogP contribution in [-0.4, -0.2) is 25.7 Å². The molecular weight excluding hydrogens is 293 g/mol. The predicted octanol–water partition coefficient (Wildman–Crippen LogP) is 2.18. The number of carboxylic acid groups (broad SMARTS) is 1. The van der Waals surface area contributed by atoms with Crippen molar-refractivity contribution in [1.82, 2.24) is 14.6 Å². The van der Waals surface area contributed by atoms with Crippen molar-refractivity contribution in [3.05, 3.63) is 44.4 Å². The van der Waals surface area contributed by atoms with E-state index in [-0.39, 0.29) is 5.69 Å². The maximum Gasteiger partial charge on any atom is 0.356 e. The molecule has 2 heterocycles. The van der Waals surface area contributed by atoms with E-state index < -0.39 is 11.7 Å². The lowest BCUT2D eigenvalue weighted by Gasteiger charge is -2.02. The fourth-order valence-corrected chi connectivity index (χ4v) is 2.19. The van der Waals surface area contributed by atoms with Crippen LogP contribution in [0.3, 0.4) is 0 Å². The van der Waals surface area contributed by atoms with E-state index in [9.17, 15) is 9.59 Å². The molecule has 0 aliphatic heterocycles. The minimum atomic E-state index is -1.21. The number of carbonyl (C=O) groups is 1. The molecule has 8 heteroatoms. The lowest BCUT2D eigenvalue weighted by molar-refractivity contribution is 0.0690. The van der Waals surface area contributed by atoms with E-state index in [4.69, 9.17) is 28.3 Å². The number of fused-ring (bicyclic) bond motifs is 3. The second kappa shape index (κ2) is 3.97. The summed E-state index contributed by atoms with van der Waals surface area (Å²) in [5, 5.41) is 13.8. The Bertz CT molecular complexity index is 897. The molecule has 0 unspecified atom stereocenters. The summed E-state index contributed by atoms with van der Waals surface area (Å²) >= 11 is 11.8. The van der Waals surface area contributed by atoms with Crippen LogP contribution in [0.2, 0.25) is 10.0 Å². The third-order valence-corrected chi connectivity index (χ3v) is 3.42. The van der Waals surface area contributed by atoms with Gasteiger partial charge in [-0.3, -0.25) is 0 Å². The van der Waals surface area contributed by atoms with Crippen LogP contribution in [0.5, 0.6) is 0 Å². The van der Waals surface area contributed by atoms with Crippen LogP contribution < -0.4 is 5.69 Å². The van der Waals surface area contributed by atoms with Gasteiger partial charge in [-0.1, -0.05) is 23.2 Å². The van der Waals surface area contributed by atoms with E-state index in [1.165, 1.54) is 12.1 Å². The lowest BCUT2D eigenvalue weighted by atomic mass is 10.2. The summed E-state index contributed by atoms with van der Waals surface area (Å²) in [4.78, 5) is 25.3. The number of nitrogens with one attached hydrogen (secondary N) is 1. The van der Waals surface area contributed by atoms with Gasteiger partial charge in [-0.05, 0) is 18.2 Å². The maximum atomic E-state index is 11.8. The molecule has 0 saturated heterocycles. The zero-order valence-corrected chi connectivity index (χ0v) is 10.7. The van der Waals surface area contributed by atoms with Crippen LogP contribution in [0.15, 0.2) is 23.0 Å². The summed E-state index contributed by atoms with van der Waals surface area (Å²) in [6, 6.07) is 4.37. The van der Waals surface area contributed by atoms with Crippen molar-refractivity contribution in [2.75, 3.05) is 0 Å². The molecule has 19 heavy (non-hydrogen) atoms. The first-order valence-corrected chi connectivity index (χ1v) is 5.87. The van der Waals surface area contributed by atoms with E-state index in [1.54, 1.807) is 6.07 Å². The molecule has 0 radical (unpaired) electrons. The average Bonchev–Trinajstić information content (AvgIpc) is 2.78.